The summed E-state index contributed by atoms with van der Waals surface area (Å²) in [5.74, 6) is -0.857. The van der Waals surface area contributed by atoms with E-state index in [1.165, 1.54) is 54.4 Å². The standard InChI is InChI=1S/C29H24F4N6O5S/c1-16(42-2)21-10-9-20(43-3)13-24(21)39-25(40)14-45-28(39)36-27(41)35-23-11-4-17(12-22(23)30)26-34-15-38(37-26)18-5-7-19(8-6-18)44-29(31,32)33/h4-13,15-16H,14H2,1-3H3,(H,35,41)/b36-28-. The SMILES string of the molecule is COc1ccc(C(C)OC)c(N2C(=O)CS/C2=N\C(=O)Nc2ccc(-c3ncn(-c4ccc(OC(F)(F)F)cc4)n3)cc2F)c1. The third-order valence-electron chi connectivity index (χ3n) is 6.53. The summed E-state index contributed by atoms with van der Waals surface area (Å²) in [4.78, 5) is 35.2. The van der Waals surface area contributed by atoms with Crippen LogP contribution in [0.2, 0.25) is 0 Å². The lowest BCUT2D eigenvalue weighted by Crippen LogP contribution is -2.31. The largest absolute Gasteiger partial charge is 0.573 e. The van der Waals surface area contributed by atoms with Gasteiger partial charge in [-0.3, -0.25) is 9.69 Å². The Hall–Kier alpha value is -4.96. The maximum absolute atomic E-state index is 15.1. The summed E-state index contributed by atoms with van der Waals surface area (Å²) < 4.78 is 68.2. The summed E-state index contributed by atoms with van der Waals surface area (Å²) in [6.45, 7) is 1.81. The number of nitrogens with one attached hydrogen (secondary N) is 1. The molecular formula is C29H24F4N6O5S. The molecule has 45 heavy (non-hydrogen) atoms. The number of ether oxygens (including phenoxy) is 3. The molecule has 1 aliphatic heterocycles. The highest BCUT2D eigenvalue weighted by atomic mass is 32.2. The van der Waals surface area contributed by atoms with Gasteiger partial charge in [0.2, 0.25) is 5.91 Å². The topological polar surface area (TPSA) is 120 Å². The van der Waals surface area contributed by atoms with E-state index in [0.29, 0.717) is 22.7 Å². The zero-order valence-corrected chi connectivity index (χ0v) is 24.6. The van der Waals surface area contributed by atoms with Gasteiger partial charge in [0.25, 0.3) is 0 Å². The minimum Gasteiger partial charge on any atom is -0.497 e. The Morgan fingerprint density at radius 3 is 2.47 bits per heavy atom. The maximum atomic E-state index is 15.1. The zero-order valence-electron chi connectivity index (χ0n) is 23.8. The fourth-order valence-corrected chi connectivity index (χ4v) is 5.16. The first-order valence-corrected chi connectivity index (χ1v) is 14.1. The van der Waals surface area contributed by atoms with Gasteiger partial charge < -0.3 is 19.5 Å². The van der Waals surface area contributed by atoms with Gasteiger partial charge in [-0.1, -0.05) is 17.8 Å². The minimum atomic E-state index is -4.82. The highest BCUT2D eigenvalue weighted by molar-refractivity contribution is 8.15. The third-order valence-corrected chi connectivity index (χ3v) is 7.45. The van der Waals surface area contributed by atoms with Crippen molar-refractivity contribution >= 4 is 40.2 Å². The van der Waals surface area contributed by atoms with E-state index < -0.39 is 24.0 Å². The van der Waals surface area contributed by atoms with Crippen LogP contribution >= 0.6 is 11.8 Å². The second-order valence-corrected chi connectivity index (χ2v) is 10.3. The summed E-state index contributed by atoms with van der Waals surface area (Å²) in [6, 6.07) is 13.1. The van der Waals surface area contributed by atoms with Gasteiger partial charge in [0.1, 0.15) is 23.6 Å². The minimum absolute atomic E-state index is 0.0400. The van der Waals surface area contributed by atoms with Gasteiger partial charge in [0, 0.05) is 24.3 Å². The van der Waals surface area contributed by atoms with Crippen molar-refractivity contribution in [2.24, 2.45) is 4.99 Å². The number of urea groups is 1. The normalized spacial score (nSPS) is 15.0. The number of methoxy groups -OCH3 is 2. The fraction of sp³-hybridized carbons (Fsp3) is 0.207. The molecule has 1 fully saturated rings. The van der Waals surface area contributed by atoms with Crippen LogP contribution in [0.4, 0.5) is 33.7 Å². The molecule has 0 bridgehead atoms. The zero-order chi connectivity index (χ0) is 32.3. The van der Waals surface area contributed by atoms with Crippen LogP contribution in [0, 0.1) is 5.82 Å². The maximum Gasteiger partial charge on any atom is 0.573 e. The van der Waals surface area contributed by atoms with E-state index in [1.807, 2.05) is 6.92 Å². The second kappa shape index (κ2) is 13.0. The molecule has 1 saturated heterocycles. The lowest BCUT2D eigenvalue weighted by Gasteiger charge is -2.23. The van der Waals surface area contributed by atoms with E-state index >= 15 is 4.39 Å². The predicted molar refractivity (Wildman–Crippen MR) is 158 cm³/mol. The van der Waals surface area contributed by atoms with Crippen LogP contribution in [0.5, 0.6) is 11.5 Å². The Kier molecular flexibility index (Phi) is 9.06. The Morgan fingerprint density at radius 2 is 1.80 bits per heavy atom. The molecule has 0 saturated carbocycles. The molecule has 0 radical (unpaired) electrons. The van der Waals surface area contributed by atoms with Crippen LogP contribution in [0.15, 0.2) is 72.0 Å². The number of nitrogens with zero attached hydrogens (tertiary/aromatic N) is 5. The van der Waals surface area contributed by atoms with Gasteiger partial charge in [0.15, 0.2) is 11.0 Å². The average molecular weight is 645 g/mol. The molecule has 0 spiro atoms. The molecular weight excluding hydrogens is 620 g/mol. The van der Waals surface area contributed by atoms with Crippen molar-refractivity contribution in [3.05, 3.63) is 78.4 Å². The van der Waals surface area contributed by atoms with Crippen molar-refractivity contribution in [2.45, 2.75) is 19.4 Å². The number of hydrogen-bond acceptors (Lipinski definition) is 8. The molecule has 4 aromatic rings. The Labute approximate surface area is 257 Å². The Balaban J connectivity index is 1.32. The molecule has 1 aromatic heterocycles. The molecule has 0 aliphatic carbocycles. The highest BCUT2D eigenvalue weighted by Gasteiger charge is 2.33. The third kappa shape index (κ3) is 7.24. The van der Waals surface area contributed by atoms with Crippen molar-refractivity contribution in [3.8, 4) is 28.6 Å². The van der Waals surface area contributed by atoms with Crippen molar-refractivity contribution in [1.29, 1.82) is 0 Å². The quantitative estimate of drug-likeness (QED) is 0.220. The van der Waals surface area contributed by atoms with Crippen LogP contribution < -0.4 is 19.7 Å². The van der Waals surface area contributed by atoms with E-state index in [9.17, 15) is 22.8 Å². The van der Waals surface area contributed by atoms with Crippen LogP contribution in [0.1, 0.15) is 18.6 Å². The van der Waals surface area contributed by atoms with Crippen molar-refractivity contribution < 1.29 is 41.4 Å². The monoisotopic (exact) mass is 644 g/mol. The van der Waals surface area contributed by atoms with Gasteiger partial charge in [-0.2, -0.15) is 4.99 Å². The second-order valence-electron chi connectivity index (χ2n) is 9.39. The number of amides is 3. The summed E-state index contributed by atoms with van der Waals surface area (Å²) in [5.41, 5.74) is 1.60. The summed E-state index contributed by atoms with van der Waals surface area (Å²) in [5, 5.41) is 6.73. The molecule has 5 rings (SSSR count). The molecule has 16 heteroatoms. The first kappa shape index (κ1) is 31.5. The number of rotatable bonds is 8. The highest BCUT2D eigenvalue weighted by Crippen LogP contribution is 2.36. The van der Waals surface area contributed by atoms with Crippen molar-refractivity contribution in [2.75, 3.05) is 30.2 Å². The van der Waals surface area contributed by atoms with Crippen molar-refractivity contribution in [3.63, 3.8) is 0 Å². The molecule has 1 N–H and O–H groups in total. The lowest BCUT2D eigenvalue weighted by molar-refractivity contribution is -0.274. The molecule has 11 nitrogen and oxygen atoms in total. The fourth-order valence-electron chi connectivity index (χ4n) is 4.30. The summed E-state index contributed by atoms with van der Waals surface area (Å²) >= 11 is 1.06. The smallest absolute Gasteiger partial charge is 0.497 e. The molecule has 1 unspecified atom stereocenters. The van der Waals surface area contributed by atoms with Crippen molar-refractivity contribution in [1.82, 2.24) is 14.8 Å². The first-order valence-electron chi connectivity index (χ1n) is 13.1. The number of halogens is 4. The molecule has 234 valence electrons. The number of benzene rings is 3. The van der Waals surface area contributed by atoms with Gasteiger partial charge >= 0.3 is 12.4 Å². The summed E-state index contributed by atoms with van der Waals surface area (Å²) in [7, 11) is 3.02. The van der Waals surface area contributed by atoms with E-state index in [4.69, 9.17) is 9.47 Å². The van der Waals surface area contributed by atoms with Gasteiger partial charge in [0.05, 0.1) is 36.0 Å². The van der Waals surface area contributed by atoms with Crippen LogP contribution in [-0.2, 0) is 9.53 Å². The number of amidine groups is 1. The van der Waals surface area contributed by atoms with E-state index in [2.05, 4.69) is 25.1 Å². The Morgan fingerprint density at radius 1 is 1.07 bits per heavy atom. The predicted octanol–water partition coefficient (Wildman–Crippen LogP) is 6.36. The van der Waals surface area contributed by atoms with Crippen LogP contribution in [0.3, 0.4) is 0 Å². The molecule has 1 aliphatic rings. The van der Waals surface area contributed by atoms with E-state index in [1.54, 1.807) is 18.2 Å². The molecule has 2 heterocycles. The summed E-state index contributed by atoms with van der Waals surface area (Å²) in [6.07, 6.45) is -3.89. The molecule has 3 amide bonds. The molecule has 3 aromatic carbocycles. The van der Waals surface area contributed by atoms with Gasteiger partial charge in [-0.25, -0.2) is 18.9 Å². The molecule has 1 atom stereocenters. The van der Waals surface area contributed by atoms with Crippen LogP contribution in [-0.4, -0.2) is 58.2 Å². The van der Waals surface area contributed by atoms with Gasteiger partial charge in [-0.15, -0.1) is 18.3 Å². The number of carbonyl (C=O) groups excluding carboxylic acids is 2. The lowest BCUT2D eigenvalue weighted by atomic mass is 10.1. The average Bonchev–Trinajstić information content (AvgIpc) is 3.64. The van der Waals surface area contributed by atoms with E-state index in [0.717, 1.165) is 30.0 Å². The Bertz CT molecular complexity index is 1760. The number of anilines is 2. The van der Waals surface area contributed by atoms with Crippen LogP contribution in [0.25, 0.3) is 17.1 Å². The number of aliphatic imine (C=N–C) groups is 1. The number of alkyl halides is 3. The number of aromatic nitrogens is 3. The van der Waals surface area contributed by atoms with E-state index in [-0.39, 0.29) is 40.0 Å². The number of hydrogen-bond donors (Lipinski definition) is 1. The first-order chi connectivity index (χ1) is 21.5. The van der Waals surface area contributed by atoms with Gasteiger partial charge in [-0.05, 0) is 55.5 Å². The number of thioether (sulfide) groups is 1. The number of carbonyl (C=O) groups is 2.